The lowest BCUT2D eigenvalue weighted by atomic mass is 9.93. The van der Waals surface area contributed by atoms with Crippen molar-refractivity contribution < 1.29 is 4.79 Å². The molecule has 2 atom stereocenters. The van der Waals surface area contributed by atoms with Crippen LogP contribution in [0.5, 0.6) is 0 Å². The maximum atomic E-state index is 13.3. The molecule has 1 amide bonds. The molecule has 1 heterocycles. The van der Waals surface area contributed by atoms with E-state index in [4.69, 9.17) is 11.6 Å². The highest BCUT2D eigenvalue weighted by Crippen LogP contribution is 2.35. The molecule has 0 saturated heterocycles. The lowest BCUT2D eigenvalue weighted by Gasteiger charge is -2.41. The van der Waals surface area contributed by atoms with Crippen molar-refractivity contribution in [3.05, 3.63) is 95.0 Å². The minimum atomic E-state index is -0.194. The van der Waals surface area contributed by atoms with Gasteiger partial charge in [-0.15, -0.1) is 0 Å². The van der Waals surface area contributed by atoms with Gasteiger partial charge in [-0.1, -0.05) is 61.0 Å². The summed E-state index contributed by atoms with van der Waals surface area (Å²) >= 11 is 6.04. The quantitative estimate of drug-likeness (QED) is 0.663. The Bertz CT molecular complexity index is 924. The number of halogens is 1. The zero-order valence-corrected chi connectivity index (χ0v) is 15.1. The highest BCUT2D eigenvalue weighted by Gasteiger charge is 2.36. The number of hydrogen-bond acceptors (Lipinski definition) is 2. The van der Waals surface area contributed by atoms with Gasteiger partial charge in [0.2, 0.25) is 0 Å². The molecule has 0 spiro atoms. The summed E-state index contributed by atoms with van der Waals surface area (Å²) in [5.41, 5.74) is 3.56. The third-order valence-corrected chi connectivity index (χ3v) is 5.11. The normalized spacial score (nSPS) is 17.4. The van der Waals surface area contributed by atoms with E-state index in [9.17, 15) is 4.79 Å². The summed E-state index contributed by atoms with van der Waals surface area (Å²) < 4.78 is 0. The summed E-state index contributed by atoms with van der Waals surface area (Å²) in [5, 5.41) is 4.21. The second-order valence-electron chi connectivity index (χ2n) is 6.49. The summed E-state index contributed by atoms with van der Waals surface area (Å²) in [5.74, 6) is 0.0960. The molecule has 1 N–H and O–H groups in total. The van der Waals surface area contributed by atoms with Gasteiger partial charge in [0, 0.05) is 22.3 Å². The fraction of sp³-hybridized carbons (Fsp3) is 0.136. The number of nitrogens with one attached hydrogen (secondary N) is 1. The fourth-order valence-corrected chi connectivity index (χ4v) is 3.57. The number of benzene rings is 3. The Balaban J connectivity index is 1.81. The largest absolute Gasteiger partial charge is 0.364 e. The molecule has 3 aromatic rings. The first-order chi connectivity index (χ1) is 12.6. The van der Waals surface area contributed by atoms with Crippen molar-refractivity contribution in [3.8, 4) is 0 Å². The topological polar surface area (TPSA) is 32.3 Å². The molecule has 1 aliphatic heterocycles. The zero-order chi connectivity index (χ0) is 18.1. The molecular formula is C22H19ClN2O. The van der Waals surface area contributed by atoms with Gasteiger partial charge in [-0.3, -0.25) is 9.69 Å². The van der Waals surface area contributed by atoms with E-state index in [1.54, 1.807) is 0 Å². The van der Waals surface area contributed by atoms with E-state index in [-0.39, 0.29) is 18.0 Å². The van der Waals surface area contributed by atoms with Gasteiger partial charge in [0.25, 0.3) is 5.91 Å². The van der Waals surface area contributed by atoms with Crippen LogP contribution in [-0.2, 0) is 0 Å². The van der Waals surface area contributed by atoms with Crippen LogP contribution in [0.25, 0.3) is 0 Å². The zero-order valence-electron chi connectivity index (χ0n) is 14.4. The predicted molar refractivity (Wildman–Crippen MR) is 107 cm³/mol. The Kier molecular flexibility index (Phi) is 4.39. The molecule has 26 heavy (non-hydrogen) atoms. The molecule has 1 aliphatic rings. The van der Waals surface area contributed by atoms with E-state index in [1.807, 2.05) is 71.6 Å². The van der Waals surface area contributed by atoms with E-state index >= 15 is 0 Å². The van der Waals surface area contributed by atoms with Crippen LogP contribution in [0.2, 0.25) is 5.02 Å². The average Bonchev–Trinajstić information content (AvgIpc) is 2.69. The van der Waals surface area contributed by atoms with Crippen LogP contribution < -0.4 is 10.2 Å². The first-order valence-corrected chi connectivity index (χ1v) is 9.02. The number of para-hydroxylation sites is 1. The van der Waals surface area contributed by atoms with Crippen molar-refractivity contribution in [2.24, 2.45) is 0 Å². The number of rotatable bonds is 3. The summed E-state index contributed by atoms with van der Waals surface area (Å²) in [6, 6.07) is 25.3. The lowest BCUT2D eigenvalue weighted by molar-refractivity contribution is 0.0972. The van der Waals surface area contributed by atoms with E-state index in [0.717, 1.165) is 11.4 Å². The van der Waals surface area contributed by atoms with Gasteiger partial charge in [-0.2, -0.15) is 0 Å². The molecule has 3 nitrogen and oxygen atoms in total. The third kappa shape index (κ3) is 2.95. The summed E-state index contributed by atoms with van der Waals surface area (Å²) in [7, 11) is 0. The molecule has 0 radical (unpaired) electrons. The summed E-state index contributed by atoms with van der Waals surface area (Å²) in [6.45, 7) is 2.14. The smallest absolute Gasteiger partial charge is 0.262 e. The van der Waals surface area contributed by atoms with Crippen LogP contribution in [0, 0.1) is 0 Å². The molecule has 0 aliphatic carbocycles. The van der Waals surface area contributed by atoms with Crippen LogP contribution in [0.4, 0.5) is 11.4 Å². The molecule has 130 valence electrons. The van der Waals surface area contributed by atoms with Crippen molar-refractivity contribution in [1.82, 2.24) is 0 Å². The predicted octanol–water partition coefficient (Wildman–Crippen LogP) is 5.54. The van der Waals surface area contributed by atoms with Crippen molar-refractivity contribution in [3.63, 3.8) is 0 Å². The first kappa shape index (κ1) is 16.7. The lowest BCUT2D eigenvalue weighted by Crippen LogP contribution is -2.51. The first-order valence-electron chi connectivity index (χ1n) is 8.65. The fourth-order valence-electron chi connectivity index (χ4n) is 3.44. The molecule has 0 saturated carbocycles. The average molecular weight is 363 g/mol. The molecule has 0 fully saturated rings. The Morgan fingerprint density at radius 2 is 1.58 bits per heavy atom. The minimum Gasteiger partial charge on any atom is -0.364 e. The second kappa shape index (κ2) is 6.85. The summed E-state index contributed by atoms with van der Waals surface area (Å²) in [4.78, 5) is 15.1. The standard InChI is InChI=1S/C22H19ClN2O/c1-15(16-7-3-2-4-8-16)21-24-20-10-6-5-9-19(20)22(26)25(21)18-13-11-17(23)12-14-18/h2-15,21,24H,1H3/t15-,21+/m1/s1. The molecule has 0 bridgehead atoms. The van der Waals surface area contributed by atoms with Gasteiger partial charge in [-0.25, -0.2) is 0 Å². The Morgan fingerprint density at radius 1 is 0.923 bits per heavy atom. The van der Waals surface area contributed by atoms with Gasteiger partial charge in [-0.05, 0) is 42.0 Å². The van der Waals surface area contributed by atoms with Gasteiger partial charge in [0.1, 0.15) is 6.17 Å². The summed E-state index contributed by atoms with van der Waals surface area (Å²) in [6.07, 6.45) is -0.194. The number of nitrogens with zero attached hydrogens (tertiary/aromatic N) is 1. The van der Waals surface area contributed by atoms with Gasteiger partial charge < -0.3 is 5.32 Å². The monoisotopic (exact) mass is 362 g/mol. The van der Waals surface area contributed by atoms with E-state index in [2.05, 4.69) is 24.4 Å². The molecule has 0 unspecified atom stereocenters. The van der Waals surface area contributed by atoms with Gasteiger partial charge in [0.15, 0.2) is 0 Å². The van der Waals surface area contributed by atoms with Crippen molar-refractivity contribution in [2.75, 3.05) is 10.2 Å². The van der Waals surface area contributed by atoms with Crippen molar-refractivity contribution in [2.45, 2.75) is 19.0 Å². The van der Waals surface area contributed by atoms with E-state index < -0.39 is 0 Å². The SMILES string of the molecule is C[C@H](c1ccccc1)[C@H]1Nc2ccccc2C(=O)N1c1ccc(Cl)cc1. The van der Waals surface area contributed by atoms with Crippen LogP contribution in [0.15, 0.2) is 78.9 Å². The number of carbonyl (C=O) groups excluding carboxylic acids is 1. The number of anilines is 2. The highest BCUT2D eigenvalue weighted by molar-refractivity contribution is 6.30. The van der Waals surface area contributed by atoms with Gasteiger partial charge >= 0.3 is 0 Å². The van der Waals surface area contributed by atoms with Crippen molar-refractivity contribution in [1.29, 1.82) is 0 Å². The van der Waals surface area contributed by atoms with Crippen LogP contribution in [0.3, 0.4) is 0 Å². The Labute approximate surface area is 158 Å². The van der Waals surface area contributed by atoms with Crippen LogP contribution in [0.1, 0.15) is 28.8 Å². The van der Waals surface area contributed by atoms with E-state index in [0.29, 0.717) is 10.6 Å². The molecule has 3 aromatic carbocycles. The number of fused-ring (bicyclic) bond motifs is 1. The molecule has 0 aromatic heterocycles. The third-order valence-electron chi connectivity index (χ3n) is 4.86. The Morgan fingerprint density at radius 3 is 2.31 bits per heavy atom. The maximum absolute atomic E-state index is 13.3. The Hall–Kier alpha value is -2.78. The highest BCUT2D eigenvalue weighted by atomic mass is 35.5. The molecular weight excluding hydrogens is 344 g/mol. The van der Waals surface area contributed by atoms with Crippen molar-refractivity contribution >= 4 is 28.9 Å². The van der Waals surface area contributed by atoms with Crippen LogP contribution >= 0.6 is 11.6 Å². The minimum absolute atomic E-state index is 0.00514. The van der Waals surface area contributed by atoms with E-state index in [1.165, 1.54) is 5.56 Å². The molecule has 4 heteroatoms. The number of hydrogen-bond donors (Lipinski definition) is 1. The second-order valence-corrected chi connectivity index (χ2v) is 6.92. The number of carbonyl (C=O) groups is 1. The molecule has 4 rings (SSSR count). The maximum Gasteiger partial charge on any atom is 0.262 e. The van der Waals surface area contributed by atoms with Gasteiger partial charge in [0.05, 0.1) is 5.56 Å². The number of amides is 1. The van der Waals surface area contributed by atoms with Crippen LogP contribution in [-0.4, -0.2) is 12.1 Å².